The summed E-state index contributed by atoms with van der Waals surface area (Å²) in [5.41, 5.74) is 4.26. The second-order valence-corrected chi connectivity index (χ2v) is 5.28. The second-order valence-electron chi connectivity index (χ2n) is 5.28. The van der Waals surface area contributed by atoms with E-state index in [2.05, 4.69) is 15.8 Å². The van der Waals surface area contributed by atoms with E-state index >= 15 is 0 Å². The Labute approximate surface area is 146 Å². The Kier molecular flexibility index (Phi) is 7.18. The van der Waals surface area contributed by atoms with Crippen molar-refractivity contribution in [1.82, 2.24) is 10.7 Å². The van der Waals surface area contributed by atoms with Crippen LogP contribution in [-0.4, -0.2) is 24.1 Å². The average molecular weight is 339 g/mol. The molecule has 0 atom stereocenters. The van der Waals surface area contributed by atoms with Crippen LogP contribution in [0.3, 0.4) is 0 Å². The molecule has 0 unspecified atom stereocenters. The lowest BCUT2D eigenvalue weighted by Crippen LogP contribution is -2.34. The van der Waals surface area contributed by atoms with Gasteiger partial charge in [-0.25, -0.2) is 5.43 Å². The van der Waals surface area contributed by atoms with E-state index in [0.717, 1.165) is 24.1 Å². The number of hydrazone groups is 1. The van der Waals surface area contributed by atoms with Crippen molar-refractivity contribution < 1.29 is 14.0 Å². The number of hydrogen-bond donors (Lipinski definition) is 2. The SMILES string of the molecule is CCC/C(=N/NC(=O)CNC(=O)/C=C/c1ccco1)c1ccccc1. The van der Waals surface area contributed by atoms with Gasteiger partial charge in [0.05, 0.1) is 18.5 Å². The minimum atomic E-state index is -0.385. The van der Waals surface area contributed by atoms with Crippen LogP contribution in [0.4, 0.5) is 0 Å². The van der Waals surface area contributed by atoms with Crippen LogP contribution in [0.1, 0.15) is 31.1 Å². The van der Waals surface area contributed by atoms with Gasteiger partial charge in [-0.1, -0.05) is 43.7 Å². The summed E-state index contributed by atoms with van der Waals surface area (Å²) >= 11 is 0. The summed E-state index contributed by atoms with van der Waals surface area (Å²) in [6.07, 6.45) is 6.02. The molecule has 0 saturated carbocycles. The van der Waals surface area contributed by atoms with Crippen LogP contribution in [0.5, 0.6) is 0 Å². The first kappa shape index (κ1) is 18.2. The third kappa shape index (κ3) is 6.47. The first-order valence-electron chi connectivity index (χ1n) is 8.09. The molecule has 1 aromatic heterocycles. The maximum absolute atomic E-state index is 11.8. The molecule has 2 aromatic rings. The van der Waals surface area contributed by atoms with Gasteiger partial charge in [0.1, 0.15) is 5.76 Å². The largest absolute Gasteiger partial charge is 0.465 e. The Morgan fingerprint density at radius 3 is 2.64 bits per heavy atom. The van der Waals surface area contributed by atoms with Crippen molar-refractivity contribution >= 4 is 23.6 Å². The highest BCUT2D eigenvalue weighted by Crippen LogP contribution is 2.06. The van der Waals surface area contributed by atoms with Crippen LogP contribution >= 0.6 is 0 Å². The molecule has 2 N–H and O–H groups in total. The zero-order valence-corrected chi connectivity index (χ0v) is 14.1. The fraction of sp³-hybridized carbons (Fsp3) is 0.211. The summed E-state index contributed by atoms with van der Waals surface area (Å²) in [6.45, 7) is 1.89. The van der Waals surface area contributed by atoms with Gasteiger partial charge in [-0.3, -0.25) is 9.59 Å². The Balaban J connectivity index is 1.83. The minimum Gasteiger partial charge on any atom is -0.465 e. The highest BCUT2D eigenvalue weighted by Gasteiger charge is 2.05. The predicted molar refractivity (Wildman–Crippen MR) is 96.8 cm³/mol. The van der Waals surface area contributed by atoms with Gasteiger partial charge in [0.25, 0.3) is 5.91 Å². The molecule has 0 aliphatic rings. The van der Waals surface area contributed by atoms with Crippen LogP contribution in [0.25, 0.3) is 6.08 Å². The van der Waals surface area contributed by atoms with Crippen molar-refractivity contribution in [3.8, 4) is 0 Å². The number of amides is 2. The van der Waals surface area contributed by atoms with E-state index in [9.17, 15) is 9.59 Å². The molecule has 0 saturated heterocycles. The Morgan fingerprint density at radius 2 is 1.96 bits per heavy atom. The number of rotatable bonds is 8. The molecule has 130 valence electrons. The van der Waals surface area contributed by atoms with Crippen LogP contribution in [0, 0.1) is 0 Å². The molecular weight excluding hydrogens is 318 g/mol. The van der Waals surface area contributed by atoms with Gasteiger partial charge in [-0.15, -0.1) is 0 Å². The first-order chi connectivity index (χ1) is 12.2. The van der Waals surface area contributed by atoms with Gasteiger partial charge in [0.2, 0.25) is 5.91 Å². The second kappa shape index (κ2) is 9.87. The zero-order valence-electron chi connectivity index (χ0n) is 14.1. The summed E-state index contributed by atoms with van der Waals surface area (Å²) in [6, 6.07) is 13.1. The average Bonchev–Trinajstić information content (AvgIpc) is 3.16. The molecule has 1 aromatic carbocycles. The number of carbonyl (C=O) groups excluding carboxylic acids is 2. The van der Waals surface area contributed by atoms with Crippen LogP contribution in [0.2, 0.25) is 0 Å². The summed E-state index contributed by atoms with van der Waals surface area (Å²) in [5.74, 6) is -0.201. The number of hydrogen-bond acceptors (Lipinski definition) is 4. The molecule has 6 nitrogen and oxygen atoms in total. The van der Waals surface area contributed by atoms with Crippen LogP contribution in [0.15, 0.2) is 64.3 Å². The normalized spacial score (nSPS) is 11.5. The standard InChI is InChI=1S/C19H21N3O3/c1-2-7-17(15-8-4-3-5-9-15)21-22-19(24)14-20-18(23)12-11-16-10-6-13-25-16/h3-6,8-13H,2,7,14H2,1H3,(H,20,23)(H,22,24)/b12-11+,21-17-. The summed E-state index contributed by atoms with van der Waals surface area (Å²) in [5, 5.41) is 6.67. The van der Waals surface area contributed by atoms with Crippen LogP contribution < -0.4 is 10.7 Å². The van der Waals surface area contributed by atoms with Gasteiger partial charge in [0.15, 0.2) is 0 Å². The highest BCUT2D eigenvalue weighted by molar-refractivity contribution is 6.01. The molecule has 1 heterocycles. The monoisotopic (exact) mass is 339 g/mol. The van der Waals surface area contributed by atoms with E-state index in [1.165, 1.54) is 18.4 Å². The van der Waals surface area contributed by atoms with Crippen molar-refractivity contribution in [1.29, 1.82) is 0 Å². The maximum atomic E-state index is 11.8. The molecule has 6 heteroatoms. The molecule has 0 radical (unpaired) electrons. The molecule has 0 aliphatic carbocycles. The topological polar surface area (TPSA) is 83.7 Å². The van der Waals surface area contributed by atoms with Gasteiger partial charge in [0, 0.05) is 6.08 Å². The number of furan rings is 1. The quantitative estimate of drug-likeness (QED) is 0.441. The minimum absolute atomic E-state index is 0.154. The van der Waals surface area contributed by atoms with E-state index in [-0.39, 0.29) is 18.4 Å². The third-order valence-electron chi connectivity index (χ3n) is 3.27. The molecule has 2 amide bonds. The molecule has 0 bridgehead atoms. The van der Waals surface area contributed by atoms with Gasteiger partial charge in [-0.2, -0.15) is 5.10 Å². The maximum Gasteiger partial charge on any atom is 0.259 e. The fourth-order valence-electron chi connectivity index (χ4n) is 2.07. The van der Waals surface area contributed by atoms with Crippen molar-refractivity contribution in [2.75, 3.05) is 6.54 Å². The third-order valence-corrected chi connectivity index (χ3v) is 3.27. The zero-order chi connectivity index (χ0) is 17.9. The van der Waals surface area contributed by atoms with Crippen molar-refractivity contribution in [3.63, 3.8) is 0 Å². The lowest BCUT2D eigenvalue weighted by Gasteiger charge is -2.06. The summed E-state index contributed by atoms with van der Waals surface area (Å²) in [7, 11) is 0. The van der Waals surface area contributed by atoms with Gasteiger partial charge in [-0.05, 0) is 30.2 Å². The first-order valence-corrected chi connectivity index (χ1v) is 8.09. The van der Waals surface area contributed by atoms with E-state index in [1.54, 1.807) is 12.1 Å². The van der Waals surface area contributed by atoms with E-state index in [1.807, 2.05) is 37.3 Å². The number of nitrogens with one attached hydrogen (secondary N) is 2. The molecule has 0 spiro atoms. The summed E-state index contributed by atoms with van der Waals surface area (Å²) < 4.78 is 5.08. The fourth-order valence-corrected chi connectivity index (χ4v) is 2.07. The van der Waals surface area contributed by atoms with E-state index < -0.39 is 0 Å². The van der Waals surface area contributed by atoms with Crippen molar-refractivity contribution in [2.45, 2.75) is 19.8 Å². The number of carbonyl (C=O) groups is 2. The molecule has 0 fully saturated rings. The lowest BCUT2D eigenvalue weighted by molar-refractivity contribution is -0.123. The molecular formula is C19H21N3O3. The van der Waals surface area contributed by atoms with Gasteiger partial charge >= 0.3 is 0 Å². The molecule has 25 heavy (non-hydrogen) atoms. The van der Waals surface area contributed by atoms with Crippen LogP contribution in [-0.2, 0) is 9.59 Å². The van der Waals surface area contributed by atoms with Gasteiger partial charge < -0.3 is 9.73 Å². The summed E-state index contributed by atoms with van der Waals surface area (Å²) in [4.78, 5) is 23.5. The molecule has 0 aliphatic heterocycles. The van der Waals surface area contributed by atoms with Crippen molar-refractivity contribution in [2.24, 2.45) is 5.10 Å². The predicted octanol–water partition coefficient (Wildman–Crippen LogP) is 2.73. The van der Waals surface area contributed by atoms with Crippen molar-refractivity contribution in [3.05, 3.63) is 66.1 Å². The number of nitrogens with zero attached hydrogens (tertiary/aromatic N) is 1. The number of benzene rings is 1. The highest BCUT2D eigenvalue weighted by atomic mass is 16.3. The molecule has 2 rings (SSSR count). The lowest BCUT2D eigenvalue weighted by atomic mass is 10.1. The van der Waals surface area contributed by atoms with E-state index in [4.69, 9.17) is 4.42 Å². The Morgan fingerprint density at radius 1 is 1.16 bits per heavy atom. The Hall–Kier alpha value is -3.15. The van der Waals surface area contributed by atoms with E-state index in [0.29, 0.717) is 5.76 Å². The smallest absolute Gasteiger partial charge is 0.259 e. The Bertz CT molecular complexity index is 735.